The van der Waals surface area contributed by atoms with Crippen LogP contribution in [0.5, 0.6) is 0 Å². The molecule has 4 aliphatic rings. The number of hydrogen-bond donors (Lipinski definition) is 2. The van der Waals surface area contributed by atoms with Gasteiger partial charge < -0.3 is 10.6 Å². The van der Waals surface area contributed by atoms with Gasteiger partial charge in [-0.2, -0.15) is 13.2 Å². The van der Waals surface area contributed by atoms with Gasteiger partial charge in [-0.15, -0.1) is 0 Å². The maximum absolute atomic E-state index is 12.9. The lowest BCUT2D eigenvalue weighted by Crippen LogP contribution is -2.60. The summed E-state index contributed by atoms with van der Waals surface area (Å²) in [6.07, 6.45) is 5.17. The lowest BCUT2D eigenvalue weighted by Gasteiger charge is -2.58. The van der Waals surface area contributed by atoms with Gasteiger partial charge in [0.15, 0.2) is 0 Å². The van der Waals surface area contributed by atoms with Crippen molar-refractivity contribution in [1.82, 2.24) is 10.6 Å². The molecule has 4 nitrogen and oxygen atoms in total. The van der Waals surface area contributed by atoms with Crippen LogP contribution in [0.15, 0.2) is 23.8 Å². The van der Waals surface area contributed by atoms with Crippen LogP contribution in [-0.4, -0.2) is 30.1 Å². The van der Waals surface area contributed by atoms with E-state index in [-0.39, 0.29) is 17.0 Å². The van der Waals surface area contributed by atoms with Gasteiger partial charge in [-0.1, -0.05) is 32.9 Å². The second-order valence-corrected chi connectivity index (χ2v) is 10.7. The van der Waals surface area contributed by atoms with Gasteiger partial charge in [0.25, 0.3) is 11.8 Å². The molecule has 0 aromatic heterocycles. The summed E-state index contributed by atoms with van der Waals surface area (Å²) in [7, 11) is 0. The Morgan fingerprint density at radius 2 is 1.90 bits per heavy atom. The zero-order chi connectivity index (χ0) is 22.8. The number of halogens is 3. The molecule has 31 heavy (non-hydrogen) atoms. The summed E-state index contributed by atoms with van der Waals surface area (Å²) >= 11 is 0. The molecular formula is C24H33F3N2O2. The summed E-state index contributed by atoms with van der Waals surface area (Å²) in [5.74, 6) is 0.362. The van der Waals surface area contributed by atoms with Crippen LogP contribution in [0, 0.1) is 28.6 Å². The number of rotatable bonds is 3. The maximum atomic E-state index is 12.9. The van der Waals surface area contributed by atoms with Crippen molar-refractivity contribution in [3.05, 3.63) is 23.8 Å². The highest BCUT2D eigenvalue weighted by atomic mass is 19.4. The number of carbonyl (C=O) groups excluding carboxylic acids is 2. The first-order chi connectivity index (χ1) is 14.4. The molecule has 2 amide bonds. The molecule has 3 fully saturated rings. The van der Waals surface area contributed by atoms with E-state index in [1.807, 2.05) is 0 Å². The lowest BCUT2D eigenvalue weighted by atomic mass is 9.48. The third-order valence-corrected chi connectivity index (χ3v) is 9.04. The van der Waals surface area contributed by atoms with Crippen LogP contribution in [-0.2, 0) is 9.59 Å². The van der Waals surface area contributed by atoms with Gasteiger partial charge in [-0.25, -0.2) is 0 Å². The molecule has 4 rings (SSSR count). The average Bonchev–Trinajstić information content (AvgIpc) is 3.08. The van der Waals surface area contributed by atoms with Crippen molar-refractivity contribution in [2.75, 3.05) is 0 Å². The third-order valence-electron chi connectivity index (χ3n) is 9.04. The zero-order valence-electron chi connectivity index (χ0n) is 18.6. The molecule has 3 aliphatic carbocycles. The van der Waals surface area contributed by atoms with Gasteiger partial charge in [0.05, 0.1) is 6.04 Å². The highest BCUT2D eigenvalue weighted by Gasteiger charge is 2.58. The first-order valence-electron chi connectivity index (χ1n) is 11.5. The molecule has 2 N–H and O–H groups in total. The molecule has 1 aliphatic heterocycles. The molecule has 172 valence electrons. The van der Waals surface area contributed by atoms with Gasteiger partial charge in [0.2, 0.25) is 0 Å². The van der Waals surface area contributed by atoms with Crippen molar-refractivity contribution in [3.63, 3.8) is 0 Å². The minimum Gasteiger partial charge on any atom is -0.348 e. The minimum absolute atomic E-state index is 0.0360. The van der Waals surface area contributed by atoms with Gasteiger partial charge in [-0.3, -0.25) is 9.59 Å². The zero-order valence-corrected chi connectivity index (χ0v) is 18.6. The van der Waals surface area contributed by atoms with Crippen LogP contribution in [0.25, 0.3) is 0 Å². The Labute approximate surface area is 182 Å². The molecule has 0 aromatic rings. The van der Waals surface area contributed by atoms with Gasteiger partial charge in [-0.05, 0) is 68.6 Å². The number of hydrogen-bond acceptors (Lipinski definition) is 2. The van der Waals surface area contributed by atoms with Crippen LogP contribution in [0.1, 0.15) is 65.7 Å². The maximum Gasteiger partial charge on any atom is 0.414 e. The molecule has 7 heteroatoms. The third kappa shape index (κ3) is 3.62. The van der Waals surface area contributed by atoms with E-state index in [1.54, 1.807) is 6.08 Å². The molecule has 1 heterocycles. The largest absolute Gasteiger partial charge is 0.414 e. The number of nitrogens with one attached hydrogen (secondary N) is 2. The fraction of sp³-hybridized carbons (Fsp3) is 0.750. The van der Waals surface area contributed by atoms with E-state index in [0.29, 0.717) is 23.2 Å². The van der Waals surface area contributed by atoms with Crippen molar-refractivity contribution < 1.29 is 22.8 Å². The molecule has 7 atom stereocenters. The predicted octanol–water partition coefficient (Wildman–Crippen LogP) is 4.67. The van der Waals surface area contributed by atoms with Crippen molar-refractivity contribution in [1.29, 1.82) is 0 Å². The summed E-state index contributed by atoms with van der Waals surface area (Å²) in [6, 6.07) is -1.34. The average molecular weight is 439 g/mol. The second kappa shape index (κ2) is 7.38. The van der Waals surface area contributed by atoms with E-state index in [9.17, 15) is 22.8 Å². The topological polar surface area (TPSA) is 58.2 Å². The van der Waals surface area contributed by atoms with Gasteiger partial charge in [0, 0.05) is 17.0 Å². The van der Waals surface area contributed by atoms with Crippen molar-refractivity contribution >= 4 is 11.8 Å². The summed E-state index contributed by atoms with van der Waals surface area (Å²) in [6.45, 7) is 8.83. The smallest absolute Gasteiger partial charge is 0.348 e. The van der Waals surface area contributed by atoms with Crippen molar-refractivity contribution in [2.24, 2.45) is 28.6 Å². The predicted molar refractivity (Wildman–Crippen MR) is 112 cm³/mol. The van der Waals surface area contributed by atoms with Crippen LogP contribution >= 0.6 is 0 Å². The Kier molecular flexibility index (Phi) is 5.33. The normalized spacial score (nSPS) is 40.6. The molecule has 7 unspecified atom stereocenters. The van der Waals surface area contributed by atoms with Gasteiger partial charge in [0.1, 0.15) is 5.57 Å². The van der Waals surface area contributed by atoms with E-state index in [1.165, 1.54) is 26.2 Å². The van der Waals surface area contributed by atoms with E-state index < -0.39 is 29.6 Å². The van der Waals surface area contributed by atoms with Crippen LogP contribution in [0.4, 0.5) is 13.2 Å². The van der Waals surface area contributed by atoms with Crippen LogP contribution in [0.2, 0.25) is 0 Å². The Hall–Kier alpha value is -1.79. The summed E-state index contributed by atoms with van der Waals surface area (Å²) in [5, 5.41) is 5.34. The quantitative estimate of drug-likeness (QED) is 0.497. The van der Waals surface area contributed by atoms with Gasteiger partial charge >= 0.3 is 6.18 Å². The summed E-state index contributed by atoms with van der Waals surface area (Å²) in [5.41, 5.74) is -1.06. The summed E-state index contributed by atoms with van der Waals surface area (Å²) < 4.78 is 38.8. The monoisotopic (exact) mass is 438 g/mol. The summed E-state index contributed by atoms with van der Waals surface area (Å²) in [4.78, 5) is 25.5. The van der Waals surface area contributed by atoms with Crippen LogP contribution < -0.4 is 10.6 Å². The highest BCUT2D eigenvalue weighted by molar-refractivity contribution is 6.19. The molecule has 0 bridgehead atoms. The Morgan fingerprint density at radius 1 is 1.19 bits per heavy atom. The Balaban J connectivity index is 1.59. The first-order valence-corrected chi connectivity index (χ1v) is 11.5. The molecule has 0 spiro atoms. The Morgan fingerprint density at radius 3 is 2.58 bits per heavy atom. The number of carbonyl (C=O) groups is 2. The fourth-order valence-electron chi connectivity index (χ4n) is 7.21. The van der Waals surface area contributed by atoms with E-state index in [4.69, 9.17) is 0 Å². The SMILES string of the molecule is C=C(C(C)NC(=O)C1=CC2(C)C(CCC3C4CCCC4(C)CCC32)NC1=O)C(F)(F)F. The highest BCUT2D eigenvalue weighted by Crippen LogP contribution is 2.63. The fourth-order valence-corrected chi connectivity index (χ4v) is 7.21. The number of amides is 2. The van der Waals surface area contributed by atoms with E-state index >= 15 is 0 Å². The molecule has 0 aromatic carbocycles. The standard InChI is InChI=1S/C24H33F3N2O2/c1-13(24(25,26)27)14(2)28-20(30)16-12-23(4)18-9-11-22(3)10-5-6-17(22)15(18)7-8-19(23)29-21(16)31/h12,14-15,17-19H,1,5-11H2,2-4H3,(H,28,30)(H,29,31). The first kappa shape index (κ1) is 22.4. The van der Waals surface area contributed by atoms with E-state index in [0.717, 1.165) is 25.7 Å². The molecule has 0 radical (unpaired) electrons. The van der Waals surface area contributed by atoms with Crippen molar-refractivity contribution in [2.45, 2.75) is 84.0 Å². The minimum atomic E-state index is -4.60. The lowest BCUT2D eigenvalue weighted by molar-refractivity contribution is -0.128. The number of fused-ring (bicyclic) bond motifs is 5. The molecular weight excluding hydrogens is 405 g/mol. The molecule has 3 saturated carbocycles. The number of alkyl halides is 3. The Bertz CT molecular complexity index is 835. The van der Waals surface area contributed by atoms with E-state index in [2.05, 4.69) is 31.1 Å². The van der Waals surface area contributed by atoms with Crippen molar-refractivity contribution in [3.8, 4) is 0 Å². The second-order valence-electron chi connectivity index (χ2n) is 10.7. The molecule has 0 saturated heterocycles. The van der Waals surface area contributed by atoms with Crippen LogP contribution in [0.3, 0.4) is 0 Å².